The molecule has 132 valence electrons. The van der Waals surface area contributed by atoms with Gasteiger partial charge in [-0.15, -0.1) is 0 Å². The number of methoxy groups -OCH3 is 1. The van der Waals surface area contributed by atoms with Crippen molar-refractivity contribution in [3.8, 4) is 11.5 Å². The third-order valence-electron chi connectivity index (χ3n) is 4.59. The van der Waals surface area contributed by atoms with Gasteiger partial charge in [-0.25, -0.2) is 0 Å². The van der Waals surface area contributed by atoms with E-state index in [9.17, 15) is 9.90 Å². The first kappa shape index (κ1) is 17.3. The lowest BCUT2D eigenvalue weighted by Gasteiger charge is -2.16. The Labute approximate surface area is 148 Å². The molecule has 0 bridgehead atoms. The highest BCUT2D eigenvalue weighted by molar-refractivity contribution is 5.94. The molecule has 25 heavy (non-hydrogen) atoms. The zero-order valence-electron chi connectivity index (χ0n) is 14.4. The maximum atomic E-state index is 12.1. The highest BCUT2D eigenvalue weighted by Crippen LogP contribution is 2.20. The van der Waals surface area contributed by atoms with Crippen molar-refractivity contribution in [3.05, 3.63) is 59.7 Å². The number of phenolic OH excluding ortho intramolecular Hbond substituents is 1. The van der Waals surface area contributed by atoms with Crippen molar-refractivity contribution >= 4 is 5.91 Å². The lowest BCUT2D eigenvalue weighted by Crippen LogP contribution is -2.30. The van der Waals surface area contributed by atoms with Gasteiger partial charge in [-0.2, -0.15) is 0 Å². The zero-order valence-corrected chi connectivity index (χ0v) is 14.4. The Bertz CT molecular complexity index is 715. The molecule has 0 aromatic heterocycles. The van der Waals surface area contributed by atoms with E-state index >= 15 is 0 Å². The van der Waals surface area contributed by atoms with E-state index in [4.69, 9.17) is 4.74 Å². The van der Waals surface area contributed by atoms with Crippen LogP contribution in [0.15, 0.2) is 48.5 Å². The predicted octanol–water partition coefficient (Wildman–Crippen LogP) is 2.65. The number of hydrogen-bond donors (Lipinski definition) is 2. The van der Waals surface area contributed by atoms with Gasteiger partial charge < -0.3 is 15.2 Å². The number of carbonyl (C=O) groups is 1. The minimum Gasteiger partial charge on any atom is -0.508 e. The SMILES string of the molecule is COc1ccc(CN2CC[C@@H](CNC(=O)c3cccc(O)c3)C2)cc1. The second kappa shape index (κ2) is 8.03. The van der Waals surface area contributed by atoms with Crippen LogP contribution in [0.3, 0.4) is 0 Å². The van der Waals surface area contributed by atoms with Crippen LogP contribution in [0.4, 0.5) is 0 Å². The van der Waals surface area contributed by atoms with Gasteiger partial charge in [-0.3, -0.25) is 9.69 Å². The lowest BCUT2D eigenvalue weighted by molar-refractivity contribution is 0.0947. The van der Waals surface area contributed by atoms with Crippen molar-refractivity contribution < 1.29 is 14.6 Å². The third-order valence-corrected chi connectivity index (χ3v) is 4.59. The molecule has 0 unspecified atom stereocenters. The largest absolute Gasteiger partial charge is 0.508 e. The molecule has 2 aromatic rings. The molecule has 5 heteroatoms. The van der Waals surface area contributed by atoms with Gasteiger partial charge in [0.15, 0.2) is 0 Å². The number of carbonyl (C=O) groups excluding carboxylic acids is 1. The van der Waals surface area contributed by atoms with Crippen LogP contribution in [-0.4, -0.2) is 42.7 Å². The van der Waals surface area contributed by atoms with Gasteiger partial charge in [0, 0.05) is 25.2 Å². The van der Waals surface area contributed by atoms with Gasteiger partial charge in [0.2, 0.25) is 0 Å². The van der Waals surface area contributed by atoms with Crippen molar-refractivity contribution in [1.82, 2.24) is 10.2 Å². The summed E-state index contributed by atoms with van der Waals surface area (Å²) in [4.78, 5) is 14.5. The fourth-order valence-corrected chi connectivity index (χ4v) is 3.20. The van der Waals surface area contributed by atoms with Gasteiger partial charge >= 0.3 is 0 Å². The summed E-state index contributed by atoms with van der Waals surface area (Å²) >= 11 is 0. The molecular formula is C20H24N2O3. The number of phenols is 1. The Morgan fingerprint density at radius 2 is 2.08 bits per heavy atom. The summed E-state index contributed by atoms with van der Waals surface area (Å²) in [5.41, 5.74) is 1.76. The van der Waals surface area contributed by atoms with Crippen LogP contribution in [0.25, 0.3) is 0 Å². The first-order valence-corrected chi connectivity index (χ1v) is 8.56. The van der Waals surface area contributed by atoms with Crippen LogP contribution in [-0.2, 0) is 6.54 Å². The molecule has 1 fully saturated rings. The zero-order chi connectivity index (χ0) is 17.6. The van der Waals surface area contributed by atoms with E-state index in [2.05, 4.69) is 22.3 Å². The van der Waals surface area contributed by atoms with Gasteiger partial charge in [-0.05, 0) is 54.8 Å². The summed E-state index contributed by atoms with van der Waals surface area (Å²) in [5.74, 6) is 1.31. The normalized spacial score (nSPS) is 17.4. The van der Waals surface area contributed by atoms with Crippen LogP contribution in [0.1, 0.15) is 22.3 Å². The second-order valence-corrected chi connectivity index (χ2v) is 6.50. The number of rotatable bonds is 6. The van der Waals surface area contributed by atoms with Gasteiger partial charge in [0.1, 0.15) is 11.5 Å². The lowest BCUT2D eigenvalue weighted by atomic mass is 10.1. The molecule has 1 saturated heterocycles. The third kappa shape index (κ3) is 4.73. The molecule has 1 heterocycles. The predicted molar refractivity (Wildman–Crippen MR) is 96.8 cm³/mol. The number of benzene rings is 2. The number of amides is 1. The number of nitrogens with zero attached hydrogens (tertiary/aromatic N) is 1. The summed E-state index contributed by atoms with van der Waals surface area (Å²) < 4.78 is 5.18. The van der Waals surface area contributed by atoms with E-state index in [1.54, 1.807) is 25.3 Å². The smallest absolute Gasteiger partial charge is 0.251 e. The average Bonchev–Trinajstić information content (AvgIpc) is 3.08. The van der Waals surface area contributed by atoms with Gasteiger partial charge in [0.25, 0.3) is 5.91 Å². The second-order valence-electron chi connectivity index (χ2n) is 6.50. The molecule has 0 radical (unpaired) electrons. The quantitative estimate of drug-likeness (QED) is 0.849. The fraction of sp³-hybridized carbons (Fsp3) is 0.350. The van der Waals surface area contributed by atoms with Crippen LogP contribution >= 0.6 is 0 Å². The molecular weight excluding hydrogens is 316 g/mol. The Balaban J connectivity index is 1.45. The Morgan fingerprint density at radius 3 is 2.80 bits per heavy atom. The van der Waals surface area contributed by atoms with E-state index in [0.717, 1.165) is 31.8 Å². The molecule has 0 aliphatic carbocycles. The van der Waals surface area contributed by atoms with Crippen molar-refractivity contribution in [2.24, 2.45) is 5.92 Å². The minimum absolute atomic E-state index is 0.110. The highest BCUT2D eigenvalue weighted by Gasteiger charge is 2.23. The summed E-state index contributed by atoms with van der Waals surface area (Å²) in [6.45, 7) is 3.60. The summed E-state index contributed by atoms with van der Waals surface area (Å²) in [5, 5.41) is 12.4. The molecule has 1 amide bonds. The highest BCUT2D eigenvalue weighted by atomic mass is 16.5. The molecule has 1 aliphatic rings. The average molecular weight is 340 g/mol. The number of ether oxygens (including phenoxy) is 1. The first-order valence-electron chi connectivity index (χ1n) is 8.56. The van der Waals surface area contributed by atoms with Gasteiger partial charge in [0.05, 0.1) is 7.11 Å². The molecule has 2 aromatic carbocycles. The topological polar surface area (TPSA) is 61.8 Å². The van der Waals surface area contributed by atoms with Crippen molar-refractivity contribution in [1.29, 1.82) is 0 Å². The number of likely N-dealkylation sites (tertiary alicyclic amines) is 1. The number of hydrogen-bond acceptors (Lipinski definition) is 4. The summed E-state index contributed by atoms with van der Waals surface area (Å²) in [6.07, 6.45) is 1.08. The molecule has 3 rings (SSSR count). The molecule has 2 N–H and O–H groups in total. The van der Waals surface area contributed by atoms with Crippen molar-refractivity contribution in [2.45, 2.75) is 13.0 Å². The molecule has 1 aliphatic heterocycles. The standard InChI is InChI=1S/C20H24N2O3/c1-25-19-7-5-15(6-8-19)13-22-10-9-16(14-22)12-21-20(24)17-3-2-4-18(23)11-17/h2-8,11,16,23H,9-10,12-14H2,1H3,(H,21,24)/t16-/m0/s1. The summed E-state index contributed by atoms with van der Waals surface area (Å²) in [7, 11) is 1.67. The number of aromatic hydroxyl groups is 1. The van der Waals surface area contributed by atoms with Crippen molar-refractivity contribution in [3.63, 3.8) is 0 Å². The van der Waals surface area contributed by atoms with Crippen molar-refractivity contribution in [2.75, 3.05) is 26.7 Å². The Hall–Kier alpha value is -2.53. The molecule has 1 atom stereocenters. The van der Waals surface area contributed by atoms with Crippen LogP contribution in [0, 0.1) is 5.92 Å². The minimum atomic E-state index is -0.135. The number of nitrogens with one attached hydrogen (secondary N) is 1. The van der Waals surface area contributed by atoms with Crippen LogP contribution < -0.4 is 10.1 Å². The molecule has 0 spiro atoms. The van der Waals surface area contributed by atoms with E-state index in [-0.39, 0.29) is 11.7 Å². The Morgan fingerprint density at radius 1 is 1.28 bits per heavy atom. The monoisotopic (exact) mass is 340 g/mol. The Kier molecular flexibility index (Phi) is 5.56. The van der Waals surface area contributed by atoms with Gasteiger partial charge in [-0.1, -0.05) is 18.2 Å². The molecule has 5 nitrogen and oxygen atoms in total. The van der Waals surface area contributed by atoms with E-state index in [0.29, 0.717) is 18.0 Å². The first-order chi connectivity index (χ1) is 12.1. The maximum Gasteiger partial charge on any atom is 0.251 e. The molecule has 0 saturated carbocycles. The van der Waals surface area contributed by atoms with Crippen LogP contribution in [0.5, 0.6) is 11.5 Å². The summed E-state index contributed by atoms with van der Waals surface area (Å²) in [6, 6.07) is 14.6. The van der Waals surface area contributed by atoms with E-state index in [1.165, 1.54) is 11.6 Å². The maximum absolute atomic E-state index is 12.1. The fourth-order valence-electron chi connectivity index (χ4n) is 3.20. The van der Waals surface area contributed by atoms with E-state index < -0.39 is 0 Å². The van der Waals surface area contributed by atoms with E-state index in [1.807, 2.05) is 12.1 Å². The van der Waals surface area contributed by atoms with Crippen LogP contribution in [0.2, 0.25) is 0 Å².